The number of nitrogens with one attached hydrogen (secondary N) is 2. The van der Waals surface area contributed by atoms with Crippen molar-refractivity contribution in [2.45, 2.75) is 6.92 Å². The van der Waals surface area contributed by atoms with Gasteiger partial charge in [0.25, 0.3) is 5.91 Å². The number of halogens is 1. The largest absolute Gasteiger partial charge is 0.507 e. The minimum absolute atomic E-state index is 0.0822. The maximum absolute atomic E-state index is 11.6. The van der Waals surface area contributed by atoms with Crippen LogP contribution in [0.3, 0.4) is 0 Å². The molecule has 22 heavy (non-hydrogen) atoms. The van der Waals surface area contributed by atoms with Crippen molar-refractivity contribution in [1.82, 2.24) is 5.43 Å². The van der Waals surface area contributed by atoms with E-state index in [1.165, 1.54) is 6.21 Å². The third-order valence-electron chi connectivity index (χ3n) is 2.88. The number of nitrogens with zero attached hydrogens (tertiary/aromatic N) is 1. The lowest BCUT2D eigenvalue weighted by Crippen LogP contribution is -2.25. The highest BCUT2D eigenvalue weighted by molar-refractivity contribution is 6.30. The lowest BCUT2D eigenvalue weighted by molar-refractivity contribution is -0.119. The van der Waals surface area contributed by atoms with Crippen LogP contribution in [0, 0.1) is 6.92 Å². The molecule has 0 aromatic heterocycles. The number of rotatable bonds is 5. The van der Waals surface area contributed by atoms with Crippen molar-refractivity contribution in [1.29, 1.82) is 0 Å². The van der Waals surface area contributed by atoms with E-state index < -0.39 is 0 Å². The summed E-state index contributed by atoms with van der Waals surface area (Å²) >= 11 is 5.78. The molecule has 3 N–H and O–H groups in total. The molecular weight excluding hydrogens is 302 g/mol. The van der Waals surface area contributed by atoms with E-state index in [-0.39, 0.29) is 18.2 Å². The highest BCUT2D eigenvalue weighted by atomic mass is 35.5. The first-order chi connectivity index (χ1) is 10.5. The lowest BCUT2D eigenvalue weighted by Gasteiger charge is -2.05. The fraction of sp³-hybridized carbons (Fsp3) is 0.125. The van der Waals surface area contributed by atoms with Crippen LogP contribution >= 0.6 is 11.6 Å². The van der Waals surface area contributed by atoms with Gasteiger partial charge in [-0.25, -0.2) is 5.43 Å². The van der Waals surface area contributed by atoms with Crippen molar-refractivity contribution in [2.24, 2.45) is 5.10 Å². The van der Waals surface area contributed by atoms with Gasteiger partial charge in [0.05, 0.1) is 12.8 Å². The van der Waals surface area contributed by atoms with Gasteiger partial charge in [-0.05, 0) is 48.9 Å². The molecule has 1 amide bonds. The molecule has 2 aromatic rings. The van der Waals surface area contributed by atoms with Crippen molar-refractivity contribution in [3.05, 3.63) is 58.6 Å². The average Bonchev–Trinajstić information content (AvgIpc) is 2.49. The number of aryl methyl sites for hydroxylation is 1. The number of anilines is 1. The molecule has 0 unspecified atom stereocenters. The number of hydrazone groups is 1. The van der Waals surface area contributed by atoms with E-state index in [1.54, 1.807) is 36.4 Å². The molecule has 0 radical (unpaired) electrons. The Hall–Kier alpha value is -2.53. The number of phenolic OH excluding ortho intramolecular Hbond substituents is 1. The van der Waals surface area contributed by atoms with Crippen LogP contribution in [0.1, 0.15) is 11.1 Å². The van der Waals surface area contributed by atoms with E-state index in [2.05, 4.69) is 15.8 Å². The van der Waals surface area contributed by atoms with Gasteiger partial charge in [-0.2, -0.15) is 5.10 Å². The van der Waals surface area contributed by atoms with Gasteiger partial charge >= 0.3 is 0 Å². The Morgan fingerprint density at radius 1 is 1.27 bits per heavy atom. The van der Waals surface area contributed by atoms with Crippen LogP contribution in [-0.4, -0.2) is 23.8 Å². The Labute approximate surface area is 133 Å². The summed E-state index contributed by atoms with van der Waals surface area (Å²) in [5.74, 6) is -0.171. The topological polar surface area (TPSA) is 73.7 Å². The molecule has 2 rings (SSSR count). The highest BCUT2D eigenvalue weighted by Crippen LogP contribution is 2.16. The van der Waals surface area contributed by atoms with Gasteiger partial charge in [0.1, 0.15) is 5.75 Å². The minimum Gasteiger partial charge on any atom is -0.507 e. The highest BCUT2D eigenvalue weighted by Gasteiger charge is 2.01. The molecule has 0 atom stereocenters. The Kier molecular flexibility index (Phi) is 5.38. The Bertz CT molecular complexity index is 684. The van der Waals surface area contributed by atoms with E-state index in [0.29, 0.717) is 10.6 Å². The molecule has 0 heterocycles. The summed E-state index contributed by atoms with van der Waals surface area (Å²) < 4.78 is 0. The Morgan fingerprint density at radius 3 is 2.68 bits per heavy atom. The molecule has 0 aliphatic rings. The quantitative estimate of drug-likeness (QED) is 0.586. The zero-order valence-electron chi connectivity index (χ0n) is 12.0. The SMILES string of the molecule is Cc1ccc(/C=N\NC(=O)CNc2ccc(Cl)cc2)c(O)c1. The molecule has 0 fully saturated rings. The minimum atomic E-state index is -0.294. The number of phenols is 1. The van der Waals surface area contributed by atoms with Crippen LogP contribution in [0.2, 0.25) is 5.02 Å². The van der Waals surface area contributed by atoms with Gasteiger partial charge < -0.3 is 10.4 Å². The second-order valence-corrected chi connectivity index (χ2v) is 5.15. The van der Waals surface area contributed by atoms with Gasteiger partial charge in [-0.3, -0.25) is 4.79 Å². The molecule has 0 spiro atoms. The average molecular weight is 318 g/mol. The van der Waals surface area contributed by atoms with Gasteiger partial charge in [0, 0.05) is 16.3 Å². The normalized spacial score (nSPS) is 10.6. The van der Waals surface area contributed by atoms with Crippen molar-refractivity contribution >= 4 is 29.4 Å². The van der Waals surface area contributed by atoms with Crippen molar-refractivity contribution in [2.75, 3.05) is 11.9 Å². The van der Waals surface area contributed by atoms with Gasteiger partial charge in [-0.1, -0.05) is 17.7 Å². The smallest absolute Gasteiger partial charge is 0.259 e. The summed E-state index contributed by atoms with van der Waals surface area (Å²) in [4.78, 5) is 11.6. The van der Waals surface area contributed by atoms with Crippen molar-refractivity contribution in [3.63, 3.8) is 0 Å². The monoisotopic (exact) mass is 317 g/mol. The number of aromatic hydroxyl groups is 1. The predicted octanol–water partition coefficient (Wildman–Crippen LogP) is 2.92. The van der Waals surface area contributed by atoms with Crippen molar-refractivity contribution in [3.8, 4) is 5.75 Å². The first-order valence-corrected chi connectivity index (χ1v) is 7.03. The maximum Gasteiger partial charge on any atom is 0.259 e. The zero-order chi connectivity index (χ0) is 15.9. The van der Waals surface area contributed by atoms with Crippen LogP contribution in [0.5, 0.6) is 5.75 Å². The Morgan fingerprint density at radius 2 is 2.00 bits per heavy atom. The molecular formula is C16H16ClN3O2. The van der Waals surface area contributed by atoms with E-state index in [4.69, 9.17) is 11.6 Å². The van der Waals surface area contributed by atoms with Crippen LogP contribution in [0.4, 0.5) is 5.69 Å². The zero-order valence-corrected chi connectivity index (χ0v) is 12.8. The van der Waals surface area contributed by atoms with Gasteiger partial charge in [-0.15, -0.1) is 0 Å². The molecule has 0 aliphatic heterocycles. The predicted molar refractivity (Wildman–Crippen MR) is 88.5 cm³/mol. The number of carbonyl (C=O) groups excluding carboxylic acids is 1. The van der Waals surface area contributed by atoms with Crippen molar-refractivity contribution < 1.29 is 9.90 Å². The van der Waals surface area contributed by atoms with Gasteiger partial charge in [0.15, 0.2) is 0 Å². The molecule has 6 heteroatoms. The van der Waals surface area contributed by atoms with E-state index >= 15 is 0 Å². The van der Waals surface area contributed by atoms with Crippen LogP contribution < -0.4 is 10.7 Å². The summed E-state index contributed by atoms with van der Waals surface area (Å²) in [5.41, 5.74) is 4.67. The molecule has 5 nitrogen and oxygen atoms in total. The van der Waals surface area contributed by atoms with E-state index in [1.807, 2.05) is 13.0 Å². The summed E-state index contributed by atoms with van der Waals surface area (Å²) in [6, 6.07) is 12.2. The number of hydrogen-bond donors (Lipinski definition) is 3. The number of benzene rings is 2. The molecule has 0 aliphatic carbocycles. The maximum atomic E-state index is 11.6. The first-order valence-electron chi connectivity index (χ1n) is 6.65. The third kappa shape index (κ3) is 4.79. The summed E-state index contributed by atoms with van der Waals surface area (Å²) in [6.45, 7) is 1.96. The van der Waals surface area contributed by atoms with Crippen LogP contribution in [-0.2, 0) is 4.79 Å². The first kappa shape index (κ1) is 15.9. The second-order valence-electron chi connectivity index (χ2n) is 4.72. The fourth-order valence-corrected chi connectivity index (χ4v) is 1.85. The third-order valence-corrected chi connectivity index (χ3v) is 3.13. The summed E-state index contributed by atoms with van der Waals surface area (Å²) in [5, 5.41) is 17.1. The summed E-state index contributed by atoms with van der Waals surface area (Å²) in [6.07, 6.45) is 1.40. The van der Waals surface area contributed by atoms with Gasteiger partial charge in [0.2, 0.25) is 0 Å². The standard InChI is InChI=1S/C16H16ClN3O2/c1-11-2-3-12(15(21)8-11)9-19-20-16(22)10-18-14-6-4-13(17)5-7-14/h2-9,18,21H,10H2,1H3,(H,20,22)/b19-9-. The number of hydrogen-bond acceptors (Lipinski definition) is 4. The second kappa shape index (κ2) is 7.47. The van der Waals surface area contributed by atoms with Crippen LogP contribution in [0.15, 0.2) is 47.6 Å². The van der Waals surface area contributed by atoms with E-state index in [9.17, 15) is 9.90 Å². The molecule has 114 valence electrons. The molecule has 0 saturated heterocycles. The molecule has 0 bridgehead atoms. The molecule has 2 aromatic carbocycles. The van der Waals surface area contributed by atoms with E-state index in [0.717, 1.165) is 11.3 Å². The summed E-state index contributed by atoms with van der Waals surface area (Å²) in [7, 11) is 0. The molecule has 0 saturated carbocycles. The number of carbonyl (C=O) groups is 1. The lowest BCUT2D eigenvalue weighted by atomic mass is 10.1. The Balaban J connectivity index is 1.82. The number of amides is 1. The van der Waals surface area contributed by atoms with Crippen LogP contribution in [0.25, 0.3) is 0 Å². The fourth-order valence-electron chi connectivity index (χ4n) is 1.73.